The zero-order valence-corrected chi connectivity index (χ0v) is 17.6. The zero-order chi connectivity index (χ0) is 20.1. The van der Waals surface area contributed by atoms with E-state index in [1.54, 1.807) is 6.20 Å². The van der Waals surface area contributed by atoms with Crippen molar-refractivity contribution in [2.24, 2.45) is 0 Å². The first-order valence-corrected chi connectivity index (χ1v) is 10.7. The highest BCUT2D eigenvalue weighted by Crippen LogP contribution is 2.41. The average Bonchev–Trinajstić information content (AvgIpc) is 2.81. The zero-order valence-electron chi connectivity index (χ0n) is 16.8. The minimum Gasteiger partial charge on any atom is -0.380 e. The van der Waals surface area contributed by atoms with E-state index in [1.165, 1.54) is 0 Å². The molecule has 1 aliphatic heterocycles. The molecule has 150 valence electrons. The number of nitrogens with one attached hydrogen (secondary N) is 1. The molecular weight excluding hydrogens is 370 g/mol. The molecule has 0 saturated carbocycles. The number of anilines is 1. The van der Waals surface area contributed by atoms with Gasteiger partial charge in [-0.25, -0.2) is 4.98 Å². The van der Waals surface area contributed by atoms with Crippen LogP contribution in [0.15, 0.2) is 54.9 Å². The van der Waals surface area contributed by atoms with E-state index in [4.69, 9.17) is 4.74 Å². The minimum absolute atomic E-state index is 0.216. The molecule has 1 atom stereocenters. The molecule has 0 radical (unpaired) electrons. The number of ether oxygens (including phenoxy) is 1. The fourth-order valence-electron chi connectivity index (χ4n) is 3.36. The molecule has 3 rings (SSSR count). The SMILES string of the molecule is C=C1C(NO)c2ccccc2-c2cccnc2N1CCOCCC(C)(C)SC. The summed E-state index contributed by atoms with van der Waals surface area (Å²) in [6.07, 6.45) is 4.91. The van der Waals surface area contributed by atoms with Gasteiger partial charge in [-0.2, -0.15) is 17.2 Å². The maximum atomic E-state index is 9.86. The smallest absolute Gasteiger partial charge is 0.140 e. The van der Waals surface area contributed by atoms with E-state index in [2.05, 4.69) is 49.3 Å². The normalized spacial score (nSPS) is 16.5. The number of rotatable bonds is 8. The van der Waals surface area contributed by atoms with Crippen molar-refractivity contribution < 1.29 is 9.94 Å². The van der Waals surface area contributed by atoms with Crippen LogP contribution in [0.25, 0.3) is 11.1 Å². The first-order valence-electron chi connectivity index (χ1n) is 9.51. The molecule has 2 aromatic rings. The maximum Gasteiger partial charge on any atom is 0.140 e. The van der Waals surface area contributed by atoms with Crippen molar-refractivity contribution in [2.45, 2.75) is 31.1 Å². The number of hydroxylamine groups is 1. The number of thioether (sulfide) groups is 1. The second kappa shape index (κ2) is 9.09. The van der Waals surface area contributed by atoms with E-state index >= 15 is 0 Å². The van der Waals surface area contributed by atoms with Crippen LogP contribution in [0.2, 0.25) is 0 Å². The van der Waals surface area contributed by atoms with Gasteiger partial charge in [-0.3, -0.25) is 0 Å². The van der Waals surface area contributed by atoms with Gasteiger partial charge in [-0.1, -0.05) is 44.7 Å². The van der Waals surface area contributed by atoms with Gasteiger partial charge in [0, 0.05) is 35.4 Å². The van der Waals surface area contributed by atoms with Gasteiger partial charge in [-0.05, 0) is 35.9 Å². The van der Waals surface area contributed by atoms with Gasteiger partial charge in [0.1, 0.15) is 5.82 Å². The Kier molecular flexibility index (Phi) is 6.78. The van der Waals surface area contributed by atoms with E-state index in [9.17, 15) is 5.21 Å². The van der Waals surface area contributed by atoms with Crippen LogP contribution in [0.3, 0.4) is 0 Å². The van der Waals surface area contributed by atoms with Crippen LogP contribution < -0.4 is 10.4 Å². The molecule has 0 bridgehead atoms. The molecular formula is C22H29N3O2S. The second-order valence-corrected chi connectivity index (χ2v) is 9.01. The van der Waals surface area contributed by atoms with Crippen molar-refractivity contribution in [3.8, 4) is 11.1 Å². The summed E-state index contributed by atoms with van der Waals surface area (Å²) in [5.41, 5.74) is 6.24. The Morgan fingerprint density at radius 3 is 2.71 bits per heavy atom. The van der Waals surface area contributed by atoms with Gasteiger partial charge < -0.3 is 14.8 Å². The average molecular weight is 400 g/mol. The lowest BCUT2D eigenvalue weighted by Gasteiger charge is -2.29. The van der Waals surface area contributed by atoms with Crippen molar-refractivity contribution in [3.63, 3.8) is 0 Å². The van der Waals surface area contributed by atoms with Crippen LogP contribution in [0.5, 0.6) is 0 Å². The molecule has 2 N–H and O–H groups in total. The van der Waals surface area contributed by atoms with Crippen LogP contribution in [-0.2, 0) is 4.74 Å². The van der Waals surface area contributed by atoms with Gasteiger partial charge >= 0.3 is 0 Å². The molecule has 1 aliphatic rings. The Balaban J connectivity index is 1.81. The Labute approximate surface area is 171 Å². The van der Waals surface area contributed by atoms with E-state index in [1.807, 2.05) is 40.9 Å². The van der Waals surface area contributed by atoms with E-state index in [-0.39, 0.29) is 4.75 Å². The highest BCUT2D eigenvalue weighted by atomic mass is 32.2. The van der Waals surface area contributed by atoms with Crippen LogP contribution in [-0.4, -0.2) is 41.0 Å². The summed E-state index contributed by atoms with van der Waals surface area (Å²) in [6.45, 7) is 10.6. The van der Waals surface area contributed by atoms with Crippen LogP contribution in [0, 0.1) is 0 Å². The minimum atomic E-state index is -0.402. The summed E-state index contributed by atoms with van der Waals surface area (Å²) >= 11 is 1.85. The number of aromatic nitrogens is 1. The molecule has 1 aromatic heterocycles. The number of nitrogens with zero attached hydrogens (tertiary/aromatic N) is 2. The van der Waals surface area contributed by atoms with Gasteiger partial charge in [0.15, 0.2) is 0 Å². The Hall–Kier alpha value is -1.86. The molecule has 6 heteroatoms. The lowest BCUT2D eigenvalue weighted by molar-refractivity contribution is 0.128. The predicted molar refractivity (Wildman–Crippen MR) is 117 cm³/mol. The molecule has 2 heterocycles. The highest BCUT2D eigenvalue weighted by Gasteiger charge is 2.30. The lowest BCUT2D eigenvalue weighted by Crippen LogP contribution is -2.33. The third-order valence-electron chi connectivity index (χ3n) is 5.27. The molecule has 0 saturated heterocycles. The molecule has 0 spiro atoms. The Morgan fingerprint density at radius 1 is 1.21 bits per heavy atom. The monoisotopic (exact) mass is 399 g/mol. The standard InChI is InChI=1S/C22H29N3O2S/c1-16-20(24-26)18-9-6-5-8-17(18)19-10-7-12-23-21(19)25(16)13-15-27-14-11-22(2,3)28-4/h5-10,12,20,24,26H,1,11,13-15H2,2-4H3. The van der Waals surface area contributed by atoms with Crippen molar-refractivity contribution >= 4 is 17.6 Å². The molecule has 28 heavy (non-hydrogen) atoms. The fourth-order valence-corrected chi connectivity index (χ4v) is 3.65. The van der Waals surface area contributed by atoms with Crippen molar-refractivity contribution in [2.75, 3.05) is 30.9 Å². The molecule has 1 unspecified atom stereocenters. The van der Waals surface area contributed by atoms with Crippen molar-refractivity contribution in [1.29, 1.82) is 0 Å². The summed E-state index contributed by atoms with van der Waals surface area (Å²) in [5, 5.41) is 9.86. The molecule has 1 aromatic carbocycles. The van der Waals surface area contributed by atoms with E-state index in [0.29, 0.717) is 19.8 Å². The van der Waals surface area contributed by atoms with E-state index < -0.39 is 6.04 Å². The second-order valence-electron chi connectivity index (χ2n) is 7.49. The van der Waals surface area contributed by atoms with Crippen molar-refractivity contribution in [3.05, 3.63) is 60.4 Å². The molecule has 0 aliphatic carbocycles. The van der Waals surface area contributed by atoms with Crippen LogP contribution >= 0.6 is 11.8 Å². The number of pyridine rings is 1. The summed E-state index contributed by atoms with van der Waals surface area (Å²) in [6, 6.07) is 11.6. The number of hydrogen-bond donors (Lipinski definition) is 2. The summed E-state index contributed by atoms with van der Waals surface area (Å²) in [5.74, 6) is 0.839. The third-order valence-corrected chi connectivity index (χ3v) is 6.58. The predicted octanol–water partition coefficient (Wildman–Crippen LogP) is 4.65. The van der Waals surface area contributed by atoms with Gasteiger partial charge in [0.25, 0.3) is 0 Å². The van der Waals surface area contributed by atoms with Gasteiger partial charge in [0.05, 0.1) is 12.6 Å². The Morgan fingerprint density at radius 2 is 1.96 bits per heavy atom. The fraction of sp³-hybridized carbons (Fsp3) is 0.409. The number of fused-ring (bicyclic) bond motifs is 3. The summed E-state index contributed by atoms with van der Waals surface area (Å²) < 4.78 is 6.13. The van der Waals surface area contributed by atoms with E-state index in [0.717, 1.165) is 34.6 Å². The lowest BCUT2D eigenvalue weighted by atomic mass is 9.96. The number of benzene rings is 1. The highest BCUT2D eigenvalue weighted by molar-refractivity contribution is 7.99. The van der Waals surface area contributed by atoms with Crippen molar-refractivity contribution in [1.82, 2.24) is 10.5 Å². The molecule has 0 fully saturated rings. The molecule has 0 amide bonds. The quantitative estimate of drug-likeness (QED) is 0.498. The first kappa shape index (κ1) is 20.9. The first-order chi connectivity index (χ1) is 13.5. The maximum absolute atomic E-state index is 9.86. The Bertz CT molecular complexity index is 825. The summed E-state index contributed by atoms with van der Waals surface area (Å²) in [4.78, 5) is 6.67. The summed E-state index contributed by atoms with van der Waals surface area (Å²) in [7, 11) is 0. The van der Waals surface area contributed by atoms with Crippen LogP contribution in [0.4, 0.5) is 5.82 Å². The number of hydrogen-bond acceptors (Lipinski definition) is 6. The molecule has 5 nitrogen and oxygen atoms in total. The van der Waals surface area contributed by atoms with Gasteiger partial charge in [-0.15, -0.1) is 0 Å². The largest absolute Gasteiger partial charge is 0.380 e. The topological polar surface area (TPSA) is 57.6 Å². The van der Waals surface area contributed by atoms with Gasteiger partial charge in [0.2, 0.25) is 0 Å². The van der Waals surface area contributed by atoms with Crippen LogP contribution in [0.1, 0.15) is 31.9 Å². The third kappa shape index (κ3) is 4.41.